The minimum atomic E-state index is -0.484. The molecular formula is C22H26F2N6O2. The van der Waals surface area contributed by atoms with Gasteiger partial charge in [0.25, 0.3) is 5.56 Å². The van der Waals surface area contributed by atoms with Crippen LogP contribution < -0.4 is 15.8 Å². The number of rotatable bonds is 6. The normalized spacial score (nSPS) is 20.8. The van der Waals surface area contributed by atoms with Crippen LogP contribution in [0.5, 0.6) is 0 Å². The van der Waals surface area contributed by atoms with Crippen LogP contribution >= 0.6 is 0 Å². The van der Waals surface area contributed by atoms with Crippen LogP contribution in [-0.4, -0.2) is 51.3 Å². The van der Waals surface area contributed by atoms with Gasteiger partial charge in [-0.15, -0.1) is 10.2 Å². The third kappa shape index (κ3) is 4.44. The molecule has 3 fully saturated rings. The van der Waals surface area contributed by atoms with Crippen molar-refractivity contribution in [3.8, 4) is 0 Å². The number of aromatic amines is 1. The molecule has 2 aromatic rings. The van der Waals surface area contributed by atoms with Crippen molar-refractivity contribution in [3.05, 3.63) is 51.4 Å². The maximum atomic E-state index is 14.5. The molecule has 0 spiro atoms. The van der Waals surface area contributed by atoms with Crippen molar-refractivity contribution in [1.82, 2.24) is 25.4 Å². The molecule has 0 radical (unpaired) electrons. The lowest BCUT2D eigenvalue weighted by Gasteiger charge is -2.39. The van der Waals surface area contributed by atoms with E-state index in [1.165, 1.54) is 12.1 Å². The van der Waals surface area contributed by atoms with Crippen LogP contribution in [0.2, 0.25) is 0 Å². The fourth-order valence-corrected chi connectivity index (χ4v) is 4.51. The topological polar surface area (TPSA) is 94.2 Å². The molecule has 3 aliphatic rings. The molecule has 32 heavy (non-hydrogen) atoms. The first-order valence-electron chi connectivity index (χ1n) is 11.2. The number of hydrogen-bond acceptors (Lipinski definition) is 5. The number of urea groups is 1. The summed E-state index contributed by atoms with van der Waals surface area (Å²) in [5, 5.41) is 10.5. The van der Waals surface area contributed by atoms with E-state index in [1.54, 1.807) is 0 Å². The Bertz CT molecular complexity index is 1070. The molecule has 1 aromatic heterocycles. The van der Waals surface area contributed by atoms with Crippen molar-refractivity contribution in [3.63, 3.8) is 0 Å². The number of nitrogens with one attached hydrogen (secondary N) is 2. The number of carbonyl (C=O) groups is 1. The van der Waals surface area contributed by atoms with Crippen LogP contribution in [0.4, 0.5) is 19.5 Å². The number of benzene rings is 1. The Morgan fingerprint density at radius 1 is 1.16 bits per heavy atom. The zero-order chi connectivity index (χ0) is 22.2. The Morgan fingerprint density at radius 2 is 1.97 bits per heavy atom. The second-order valence-electron chi connectivity index (χ2n) is 8.94. The Balaban J connectivity index is 1.26. The van der Waals surface area contributed by atoms with Crippen LogP contribution in [0, 0.1) is 11.6 Å². The van der Waals surface area contributed by atoms with E-state index < -0.39 is 11.6 Å². The summed E-state index contributed by atoms with van der Waals surface area (Å²) >= 11 is 0. The van der Waals surface area contributed by atoms with Gasteiger partial charge in [0.1, 0.15) is 17.8 Å². The molecule has 5 rings (SSSR count). The van der Waals surface area contributed by atoms with Gasteiger partial charge in [-0.05, 0) is 62.1 Å². The Hall–Kier alpha value is -3.04. The summed E-state index contributed by atoms with van der Waals surface area (Å²) in [6.45, 7) is 1.17. The Morgan fingerprint density at radius 3 is 2.69 bits per heavy atom. The highest BCUT2D eigenvalue weighted by molar-refractivity contribution is 5.75. The summed E-state index contributed by atoms with van der Waals surface area (Å²) < 4.78 is 28.8. The number of aromatic nitrogens is 3. The second kappa shape index (κ2) is 8.48. The number of halogens is 2. The van der Waals surface area contributed by atoms with Gasteiger partial charge in [0, 0.05) is 31.2 Å². The summed E-state index contributed by atoms with van der Waals surface area (Å²) in [5.74, 6) is -0.372. The van der Waals surface area contributed by atoms with E-state index in [0.717, 1.165) is 44.7 Å². The van der Waals surface area contributed by atoms with Gasteiger partial charge < -0.3 is 15.1 Å². The first-order chi connectivity index (χ1) is 15.5. The Labute approximate surface area is 184 Å². The predicted octanol–water partition coefficient (Wildman–Crippen LogP) is 2.66. The second-order valence-corrected chi connectivity index (χ2v) is 8.94. The number of hydrogen-bond donors (Lipinski definition) is 2. The first-order valence-corrected chi connectivity index (χ1v) is 11.2. The van der Waals surface area contributed by atoms with E-state index in [2.05, 4.69) is 20.5 Å². The summed E-state index contributed by atoms with van der Waals surface area (Å²) in [6.07, 6.45) is 6.41. The quantitative estimate of drug-likeness (QED) is 0.715. The van der Waals surface area contributed by atoms with E-state index in [1.807, 2.05) is 9.80 Å². The lowest BCUT2D eigenvalue weighted by atomic mass is 10.0. The van der Waals surface area contributed by atoms with Crippen LogP contribution in [-0.2, 0) is 6.54 Å². The fraction of sp³-hybridized carbons (Fsp3) is 0.545. The zero-order valence-corrected chi connectivity index (χ0v) is 17.7. The highest BCUT2D eigenvalue weighted by Crippen LogP contribution is 2.41. The molecule has 2 heterocycles. The molecule has 1 aromatic carbocycles. The summed E-state index contributed by atoms with van der Waals surface area (Å²) in [6, 6.07) is 2.27. The summed E-state index contributed by atoms with van der Waals surface area (Å²) in [5.41, 5.74) is 0.260. The highest BCUT2D eigenvalue weighted by atomic mass is 19.1. The Kier molecular flexibility index (Phi) is 5.52. The van der Waals surface area contributed by atoms with Crippen molar-refractivity contribution < 1.29 is 13.6 Å². The number of H-pyrrole nitrogens is 1. The lowest BCUT2D eigenvalue weighted by molar-refractivity contribution is 0.160. The number of carbonyl (C=O) groups excluding carboxylic acids is 1. The molecule has 0 bridgehead atoms. The number of anilines is 1. The highest BCUT2D eigenvalue weighted by Gasteiger charge is 2.39. The zero-order valence-electron chi connectivity index (χ0n) is 17.7. The molecule has 1 aliphatic heterocycles. The smallest absolute Gasteiger partial charge is 0.318 e. The molecule has 2 aliphatic carbocycles. The van der Waals surface area contributed by atoms with Crippen LogP contribution in [0.25, 0.3) is 0 Å². The minimum absolute atomic E-state index is 0.0658. The molecule has 2 N–H and O–H groups in total. The number of nitrogens with zero attached hydrogens (tertiary/aromatic N) is 4. The van der Waals surface area contributed by atoms with Gasteiger partial charge in [-0.3, -0.25) is 9.78 Å². The van der Waals surface area contributed by atoms with Gasteiger partial charge in [0.05, 0.1) is 6.04 Å². The van der Waals surface area contributed by atoms with E-state index in [0.29, 0.717) is 24.6 Å². The average Bonchev–Trinajstić information content (AvgIpc) is 3.68. The molecule has 2 saturated carbocycles. The fourth-order valence-electron chi connectivity index (χ4n) is 4.51. The SMILES string of the molecule is O=C(NCc1cc(F)c(C2CC2)cc1F)N(C1CC1)[C@@H]1CCCN(c2nncc(=O)[nH]2)C1. The monoisotopic (exact) mass is 444 g/mol. The minimum Gasteiger partial charge on any atom is -0.339 e. The predicted molar refractivity (Wildman–Crippen MR) is 113 cm³/mol. The third-order valence-electron chi connectivity index (χ3n) is 6.44. The van der Waals surface area contributed by atoms with Crippen molar-refractivity contribution in [2.24, 2.45) is 0 Å². The van der Waals surface area contributed by atoms with E-state index in [4.69, 9.17) is 0 Å². The molecule has 1 saturated heterocycles. The number of piperidine rings is 1. The van der Waals surface area contributed by atoms with Gasteiger partial charge in [0.2, 0.25) is 5.95 Å². The number of amides is 2. The molecule has 2 amide bonds. The molecule has 10 heteroatoms. The summed E-state index contributed by atoms with van der Waals surface area (Å²) in [4.78, 5) is 31.1. The molecular weight excluding hydrogens is 418 g/mol. The summed E-state index contributed by atoms with van der Waals surface area (Å²) in [7, 11) is 0. The van der Waals surface area contributed by atoms with Crippen molar-refractivity contribution in [2.45, 2.75) is 63.1 Å². The molecule has 1 atom stereocenters. The molecule has 170 valence electrons. The standard InChI is InChI=1S/C22H26F2N6O2/c23-18-9-17(13-3-4-13)19(24)8-14(18)10-25-22(32)30(15-5-6-15)16-2-1-7-29(12-16)21-27-20(31)11-26-28-21/h8-9,11,13,15-16H,1-7,10,12H2,(H,25,32)(H,27,28,31)/t16-/m1/s1. The third-order valence-corrected chi connectivity index (χ3v) is 6.44. The molecule has 0 unspecified atom stereocenters. The van der Waals surface area contributed by atoms with Crippen LogP contribution in [0.1, 0.15) is 55.6 Å². The van der Waals surface area contributed by atoms with E-state index >= 15 is 0 Å². The molecule has 8 nitrogen and oxygen atoms in total. The van der Waals surface area contributed by atoms with Crippen molar-refractivity contribution in [1.29, 1.82) is 0 Å². The van der Waals surface area contributed by atoms with Crippen LogP contribution in [0.15, 0.2) is 23.1 Å². The van der Waals surface area contributed by atoms with Gasteiger partial charge in [0.15, 0.2) is 0 Å². The van der Waals surface area contributed by atoms with E-state index in [9.17, 15) is 18.4 Å². The first kappa shape index (κ1) is 20.8. The van der Waals surface area contributed by atoms with Crippen molar-refractivity contribution >= 4 is 12.0 Å². The van der Waals surface area contributed by atoms with Crippen LogP contribution in [0.3, 0.4) is 0 Å². The van der Waals surface area contributed by atoms with Gasteiger partial charge >= 0.3 is 6.03 Å². The average molecular weight is 444 g/mol. The van der Waals surface area contributed by atoms with Gasteiger partial charge in [-0.25, -0.2) is 13.6 Å². The maximum absolute atomic E-state index is 14.5. The maximum Gasteiger partial charge on any atom is 0.318 e. The van der Waals surface area contributed by atoms with Gasteiger partial charge in [-0.1, -0.05) is 0 Å². The lowest BCUT2D eigenvalue weighted by Crippen LogP contribution is -2.54. The van der Waals surface area contributed by atoms with E-state index in [-0.39, 0.29) is 41.7 Å². The largest absolute Gasteiger partial charge is 0.339 e. The van der Waals surface area contributed by atoms with Gasteiger partial charge in [-0.2, -0.15) is 0 Å². The van der Waals surface area contributed by atoms with Crippen molar-refractivity contribution in [2.75, 3.05) is 18.0 Å².